The van der Waals surface area contributed by atoms with Gasteiger partial charge in [-0.05, 0) is 37.0 Å². The number of hydrogen-bond acceptors (Lipinski definition) is 4. The Hall–Kier alpha value is -2.24. The van der Waals surface area contributed by atoms with Crippen LogP contribution in [0, 0.1) is 5.92 Å². The summed E-state index contributed by atoms with van der Waals surface area (Å²) in [6.45, 7) is 2.84. The first kappa shape index (κ1) is 19.1. The molecule has 1 aromatic rings. The molecule has 2 fully saturated rings. The average Bonchev–Trinajstić information content (AvgIpc) is 3.07. The molecule has 0 spiro atoms. The summed E-state index contributed by atoms with van der Waals surface area (Å²) in [4.78, 5) is 29.4. The fourth-order valence-electron chi connectivity index (χ4n) is 4.54. The second kappa shape index (κ2) is 8.84. The molecular weight excluding hydrogens is 356 g/mol. The zero-order valence-electron chi connectivity index (χ0n) is 16.5. The van der Waals surface area contributed by atoms with E-state index in [1.807, 2.05) is 9.80 Å². The summed E-state index contributed by atoms with van der Waals surface area (Å²) < 4.78 is 10.7. The van der Waals surface area contributed by atoms with E-state index < -0.39 is 0 Å². The molecule has 2 heterocycles. The van der Waals surface area contributed by atoms with E-state index in [1.54, 1.807) is 18.2 Å². The van der Waals surface area contributed by atoms with E-state index in [0.717, 1.165) is 25.3 Å². The van der Waals surface area contributed by atoms with E-state index in [2.05, 4.69) is 0 Å². The minimum absolute atomic E-state index is 0.00481. The summed E-state index contributed by atoms with van der Waals surface area (Å²) in [5.41, 5.74) is 0.612. The van der Waals surface area contributed by atoms with Crippen molar-refractivity contribution >= 4 is 11.8 Å². The minimum atomic E-state index is -0.00481. The molecule has 28 heavy (non-hydrogen) atoms. The van der Waals surface area contributed by atoms with Crippen molar-refractivity contribution in [1.29, 1.82) is 0 Å². The molecule has 0 bridgehead atoms. The second-order valence-corrected chi connectivity index (χ2v) is 8.14. The number of fused-ring (bicyclic) bond motifs is 1. The van der Waals surface area contributed by atoms with Gasteiger partial charge >= 0.3 is 0 Å². The maximum atomic E-state index is 12.9. The van der Waals surface area contributed by atoms with Crippen LogP contribution in [0.15, 0.2) is 18.2 Å². The van der Waals surface area contributed by atoms with Gasteiger partial charge in [-0.2, -0.15) is 0 Å². The monoisotopic (exact) mass is 386 g/mol. The lowest BCUT2D eigenvalue weighted by Gasteiger charge is -2.24. The van der Waals surface area contributed by atoms with Crippen molar-refractivity contribution in [1.82, 2.24) is 9.80 Å². The lowest BCUT2D eigenvalue weighted by Crippen LogP contribution is -2.37. The minimum Gasteiger partial charge on any atom is -0.454 e. The molecule has 1 aliphatic carbocycles. The maximum absolute atomic E-state index is 12.9. The SMILES string of the molecule is O=C(CCC1CCCCC1)N1CCCN(C(=O)c2ccc3c(c2)OCO3)CC1. The van der Waals surface area contributed by atoms with Gasteiger partial charge in [0.25, 0.3) is 5.91 Å². The predicted molar refractivity (Wildman–Crippen MR) is 105 cm³/mol. The largest absolute Gasteiger partial charge is 0.454 e. The molecule has 6 nitrogen and oxygen atoms in total. The van der Waals surface area contributed by atoms with Gasteiger partial charge in [0.1, 0.15) is 0 Å². The van der Waals surface area contributed by atoms with Crippen LogP contribution in [0.3, 0.4) is 0 Å². The number of hydrogen-bond donors (Lipinski definition) is 0. The Morgan fingerprint density at radius 3 is 2.50 bits per heavy atom. The van der Waals surface area contributed by atoms with Crippen LogP contribution in [-0.4, -0.2) is 54.6 Å². The molecule has 1 saturated heterocycles. The Labute approximate surface area is 166 Å². The zero-order valence-corrected chi connectivity index (χ0v) is 16.5. The summed E-state index contributed by atoms with van der Waals surface area (Å²) >= 11 is 0. The van der Waals surface area contributed by atoms with Crippen LogP contribution in [0.2, 0.25) is 0 Å². The van der Waals surface area contributed by atoms with Gasteiger partial charge in [-0.3, -0.25) is 9.59 Å². The van der Waals surface area contributed by atoms with E-state index in [0.29, 0.717) is 43.1 Å². The predicted octanol–water partition coefficient (Wildman–Crippen LogP) is 3.45. The summed E-state index contributed by atoms with van der Waals surface area (Å²) in [6, 6.07) is 5.32. The number of nitrogens with zero attached hydrogens (tertiary/aromatic N) is 2. The summed E-state index contributed by atoms with van der Waals surface area (Å²) in [6.07, 6.45) is 9.06. The smallest absolute Gasteiger partial charge is 0.254 e. The van der Waals surface area contributed by atoms with Gasteiger partial charge in [0.05, 0.1) is 0 Å². The van der Waals surface area contributed by atoms with Gasteiger partial charge in [-0.1, -0.05) is 32.1 Å². The Morgan fingerprint density at radius 2 is 1.64 bits per heavy atom. The third-order valence-electron chi connectivity index (χ3n) is 6.25. The van der Waals surface area contributed by atoms with Gasteiger partial charge < -0.3 is 19.3 Å². The van der Waals surface area contributed by atoms with Gasteiger partial charge in [-0.25, -0.2) is 0 Å². The highest BCUT2D eigenvalue weighted by atomic mass is 16.7. The van der Waals surface area contributed by atoms with Crippen molar-refractivity contribution in [2.75, 3.05) is 33.0 Å². The quantitative estimate of drug-likeness (QED) is 0.795. The highest BCUT2D eigenvalue weighted by Crippen LogP contribution is 2.33. The normalized spacial score (nSPS) is 20.1. The van der Waals surface area contributed by atoms with Crippen LogP contribution < -0.4 is 9.47 Å². The van der Waals surface area contributed by atoms with Gasteiger partial charge in [0.15, 0.2) is 11.5 Å². The van der Waals surface area contributed by atoms with Crippen molar-refractivity contribution in [3.05, 3.63) is 23.8 Å². The van der Waals surface area contributed by atoms with Crippen molar-refractivity contribution < 1.29 is 19.1 Å². The number of amides is 2. The molecule has 4 rings (SSSR count). The Balaban J connectivity index is 1.29. The molecule has 0 aromatic heterocycles. The molecule has 1 aromatic carbocycles. The van der Waals surface area contributed by atoms with Crippen molar-refractivity contribution in [2.45, 2.75) is 51.4 Å². The molecule has 6 heteroatoms. The highest BCUT2D eigenvalue weighted by Gasteiger charge is 2.25. The number of carbonyl (C=O) groups is 2. The average molecular weight is 386 g/mol. The van der Waals surface area contributed by atoms with Gasteiger partial charge in [0.2, 0.25) is 12.7 Å². The molecule has 0 radical (unpaired) electrons. The topological polar surface area (TPSA) is 59.1 Å². The van der Waals surface area contributed by atoms with Crippen LogP contribution in [0.4, 0.5) is 0 Å². The third-order valence-corrected chi connectivity index (χ3v) is 6.25. The van der Waals surface area contributed by atoms with Crippen LogP contribution in [0.1, 0.15) is 61.7 Å². The number of carbonyl (C=O) groups excluding carboxylic acids is 2. The molecule has 0 N–H and O–H groups in total. The summed E-state index contributed by atoms with van der Waals surface area (Å²) in [7, 11) is 0. The first-order valence-corrected chi connectivity index (χ1v) is 10.7. The summed E-state index contributed by atoms with van der Waals surface area (Å²) in [5, 5.41) is 0. The highest BCUT2D eigenvalue weighted by molar-refractivity contribution is 5.95. The summed E-state index contributed by atoms with van der Waals surface area (Å²) in [5.74, 6) is 2.29. The van der Waals surface area contributed by atoms with E-state index >= 15 is 0 Å². The Bertz CT molecular complexity index is 714. The molecule has 2 aliphatic heterocycles. The fraction of sp³-hybridized carbons (Fsp3) is 0.636. The number of rotatable bonds is 4. The Kier molecular flexibility index (Phi) is 6.03. The van der Waals surface area contributed by atoms with E-state index in [4.69, 9.17) is 9.47 Å². The van der Waals surface area contributed by atoms with Gasteiger partial charge in [-0.15, -0.1) is 0 Å². The standard InChI is InChI=1S/C22H30N2O4/c25-21(10-7-17-5-2-1-3-6-17)23-11-4-12-24(14-13-23)22(26)18-8-9-19-20(15-18)28-16-27-19/h8-9,15,17H,1-7,10-14,16H2. The lowest BCUT2D eigenvalue weighted by atomic mass is 9.86. The Morgan fingerprint density at radius 1 is 0.893 bits per heavy atom. The lowest BCUT2D eigenvalue weighted by molar-refractivity contribution is -0.131. The zero-order chi connectivity index (χ0) is 19.3. The second-order valence-electron chi connectivity index (χ2n) is 8.14. The number of benzene rings is 1. The molecule has 1 saturated carbocycles. The van der Waals surface area contributed by atoms with E-state index in [-0.39, 0.29) is 18.6 Å². The molecule has 152 valence electrons. The van der Waals surface area contributed by atoms with Crippen LogP contribution >= 0.6 is 0 Å². The van der Waals surface area contributed by atoms with Crippen LogP contribution in [-0.2, 0) is 4.79 Å². The molecule has 2 amide bonds. The first-order chi connectivity index (χ1) is 13.7. The molecule has 0 atom stereocenters. The third kappa shape index (κ3) is 4.42. The van der Waals surface area contributed by atoms with E-state index in [9.17, 15) is 9.59 Å². The fourth-order valence-corrected chi connectivity index (χ4v) is 4.54. The molecule has 0 unspecified atom stereocenters. The van der Waals surface area contributed by atoms with Gasteiger partial charge in [0, 0.05) is 38.2 Å². The van der Waals surface area contributed by atoms with E-state index in [1.165, 1.54) is 32.1 Å². The van der Waals surface area contributed by atoms with Crippen molar-refractivity contribution in [3.63, 3.8) is 0 Å². The van der Waals surface area contributed by atoms with Crippen LogP contribution in [0.25, 0.3) is 0 Å². The van der Waals surface area contributed by atoms with Crippen molar-refractivity contribution in [3.8, 4) is 11.5 Å². The van der Waals surface area contributed by atoms with Crippen LogP contribution in [0.5, 0.6) is 11.5 Å². The molecular formula is C22H30N2O4. The number of ether oxygens (including phenoxy) is 2. The maximum Gasteiger partial charge on any atom is 0.254 e. The first-order valence-electron chi connectivity index (χ1n) is 10.7. The van der Waals surface area contributed by atoms with Crippen molar-refractivity contribution in [2.24, 2.45) is 5.92 Å². The molecule has 3 aliphatic rings.